The lowest BCUT2D eigenvalue weighted by molar-refractivity contribution is -0.116. The second kappa shape index (κ2) is 5.94. The van der Waals surface area contributed by atoms with E-state index in [-0.39, 0.29) is 5.91 Å². The van der Waals surface area contributed by atoms with Crippen molar-refractivity contribution in [2.75, 3.05) is 44.2 Å². The van der Waals surface area contributed by atoms with Crippen molar-refractivity contribution in [1.82, 2.24) is 10.2 Å². The van der Waals surface area contributed by atoms with E-state index in [9.17, 15) is 4.79 Å². The Morgan fingerprint density at radius 1 is 1.25 bits per heavy atom. The predicted molar refractivity (Wildman–Crippen MR) is 81.2 cm³/mol. The molecule has 108 valence electrons. The monoisotopic (exact) mass is 273 g/mol. The van der Waals surface area contributed by atoms with E-state index in [1.807, 2.05) is 4.90 Å². The molecule has 1 saturated heterocycles. The van der Waals surface area contributed by atoms with Crippen LogP contribution in [-0.4, -0.2) is 50.1 Å². The van der Waals surface area contributed by atoms with Gasteiger partial charge in [-0.3, -0.25) is 4.79 Å². The molecule has 0 unspecified atom stereocenters. The Labute approximate surface area is 120 Å². The molecular formula is C16H23N3O. The summed E-state index contributed by atoms with van der Waals surface area (Å²) in [5.74, 6) is 0.156. The Kier molecular flexibility index (Phi) is 4.03. The van der Waals surface area contributed by atoms with E-state index in [1.165, 1.54) is 11.1 Å². The zero-order valence-corrected chi connectivity index (χ0v) is 12.2. The normalized spacial score (nSPS) is 19.1. The van der Waals surface area contributed by atoms with Gasteiger partial charge in [0.05, 0.1) is 0 Å². The van der Waals surface area contributed by atoms with Gasteiger partial charge < -0.3 is 15.1 Å². The number of hydrogen-bond donors (Lipinski definition) is 1. The van der Waals surface area contributed by atoms with Crippen LogP contribution in [-0.2, 0) is 17.6 Å². The Balaban J connectivity index is 1.70. The number of rotatable bonds is 3. The van der Waals surface area contributed by atoms with Crippen molar-refractivity contribution in [1.29, 1.82) is 0 Å². The zero-order chi connectivity index (χ0) is 13.9. The van der Waals surface area contributed by atoms with Crippen LogP contribution in [0.5, 0.6) is 0 Å². The lowest BCUT2D eigenvalue weighted by Gasteiger charge is -2.27. The average molecular weight is 273 g/mol. The molecule has 0 aliphatic carbocycles. The summed E-state index contributed by atoms with van der Waals surface area (Å²) in [6.07, 6.45) is 2.10. The fourth-order valence-corrected chi connectivity index (χ4v) is 3.28. The average Bonchev–Trinajstić information content (AvgIpc) is 2.91. The molecule has 2 aliphatic rings. The highest BCUT2D eigenvalue weighted by Gasteiger charge is 2.24. The van der Waals surface area contributed by atoms with Crippen molar-refractivity contribution in [2.24, 2.45) is 0 Å². The van der Waals surface area contributed by atoms with Crippen molar-refractivity contribution >= 4 is 11.6 Å². The van der Waals surface area contributed by atoms with Gasteiger partial charge in [-0.05, 0) is 30.0 Å². The summed E-state index contributed by atoms with van der Waals surface area (Å²) in [5.41, 5.74) is 3.94. The van der Waals surface area contributed by atoms with Crippen molar-refractivity contribution < 1.29 is 4.79 Å². The Hall–Kier alpha value is -1.39. The van der Waals surface area contributed by atoms with Crippen LogP contribution in [0.1, 0.15) is 18.1 Å². The van der Waals surface area contributed by atoms with E-state index < -0.39 is 0 Å². The number of nitrogens with one attached hydrogen (secondary N) is 1. The first-order valence-corrected chi connectivity index (χ1v) is 7.57. The van der Waals surface area contributed by atoms with Gasteiger partial charge in [0, 0.05) is 51.9 Å². The number of anilines is 1. The molecule has 0 aromatic heterocycles. The third kappa shape index (κ3) is 2.72. The maximum atomic E-state index is 11.6. The molecule has 1 aromatic rings. The summed E-state index contributed by atoms with van der Waals surface area (Å²) in [6.45, 7) is 8.12. The quantitative estimate of drug-likeness (QED) is 0.894. The minimum Gasteiger partial charge on any atom is -0.314 e. The SMILES string of the molecule is CC(=O)N1CCc2c(CCN3CCNCC3)cccc21. The largest absolute Gasteiger partial charge is 0.314 e. The van der Waals surface area contributed by atoms with Gasteiger partial charge in [0.1, 0.15) is 0 Å². The molecule has 4 nitrogen and oxygen atoms in total. The number of hydrogen-bond acceptors (Lipinski definition) is 3. The van der Waals surface area contributed by atoms with E-state index in [2.05, 4.69) is 28.4 Å². The van der Waals surface area contributed by atoms with Gasteiger partial charge in [-0.1, -0.05) is 12.1 Å². The first kappa shape index (κ1) is 13.6. The van der Waals surface area contributed by atoms with E-state index in [0.29, 0.717) is 0 Å². The molecule has 1 N–H and O–H groups in total. The molecule has 1 amide bonds. The van der Waals surface area contributed by atoms with Crippen LogP contribution in [0.3, 0.4) is 0 Å². The van der Waals surface area contributed by atoms with Crippen LogP contribution >= 0.6 is 0 Å². The van der Waals surface area contributed by atoms with Crippen LogP contribution < -0.4 is 10.2 Å². The van der Waals surface area contributed by atoms with Crippen molar-refractivity contribution in [2.45, 2.75) is 19.8 Å². The molecule has 4 heteroatoms. The third-order valence-electron chi connectivity index (χ3n) is 4.41. The molecule has 0 radical (unpaired) electrons. The molecule has 2 aliphatic heterocycles. The Morgan fingerprint density at radius 3 is 2.80 bits per heavy atom. The highest BCUT2D eigenvalue weighted by molar-refractivity contribution is 5.94. The minimum absolute atomic E-state index is 0.156. The van der Waals surface area contributed by atoms with E-state index >= 15 is 0 Å². The van der Waals surface area contributed by atoms with E-state index in [4.69, 9.17) is 0 Å². The lowest BCUT2D eigenvalue weighted by Crippen LogP contribution is -2.44. The fraction of sp³-hybridized carbons (Fsp3) is 0.562. The molecule has 1 fully saturated rings. The smallest absolute Gasteiger partial charge is 0.223 e. The molecule has 0 bridgehead atoms. The summed E-state index contributed by atoms with van der Waals surface area (Å²) in [4.78, 5) is 16.1. The molecule has 1 aromatic carbocycles. The maximum absolute atomic E-state index is 11.6. The van der Waals surface area contributed by atoms with Gasteiger partial charge >= 0.3 is 0 Å². The molecular weight excluding hydrogens is 250 g/mol. The van der Waals surface area contributed by atoms with Crippen LogP contribution in [0.4, 0.5) is 5.69 Å². The van der Waals surface area contributed by atoms with Gasteiger partial charge in [0.25, 0.3) is 0 Å². The Morgan fingerprint density at radius 2 is 2.05 bits per heavy atom. The first-order valence-electron chi connectivity index (χ1n) is 7.57. The maximum Gasteiger partial charge on any atom is 0.223 e. The summed E-state index contributed by atoms with van der Waals surface area (Å²) in [7, 11) is 0. The standard InChI is InChI=1S/C16H23N3O/c1-13(20)19-10-6-15-14(3-2-4-16(15)19)5-9-18-11-7-17-8-12-18/h2-4,17H,5-12H2,1H3. The number of nitrogens with zero attached hydrogens (tertiary/aromatic N) is 2. The predicted octanol–water partition coefficient (Wildman–Crippen LogP) is 1.04. The summed E-state index contributed by atoms with van der Waals surface area (Å²) in [5, 5.41) is 3.39. The van der Waals surface area contributed by atoms with E-state index in [1.54, 1.807) is 6.92 Å². The Bertz CT molecular complexity index is 494. The second-order valence-corrected chi connectivity index (χ2v) is 5.68. The number of amides is 1. The van der Waals surface area contributed by atoms with Gasteiger partial charge in [-0.2, -0.15) is 0 Å². The summed E-state index contributed by atoms with van der Waals surface area (Å²) in [6, 6.07) is 6.40. The first-order chi connectivity index (χ1) is 9.75. The van der Waals surface area contributed by atoms with Gasteiger partial charge in [-0.15, -0.1) is 0 Å². The summed E-state index contributed by atoms with van der Waals surface area (Å²) < 4.78 is 0. The molecule has 0 saturated carbocycles. The van der Waals surface area contributed by atoms with E-state index in [0.717, 1.165) is 57.8 Å². The van der Waals surface area contributed by atoms with Crippen molar-refractivity contribution in [3.8, 4) is 0 Å². The number of fused-ring (bicyclic) bond motifs is 1. The van der Waals surface area contributed by atoms with Gasteiger partial charge in [0.2, 0.25) is 5.91 Å². The molecule has 0 spiro atoms. The molecule has 3 rings (SSSR count). The fourth-order valence-electron chi connectivity index (χ4n) is 3.28. The minimum atomic E-state index is 0.156. The van der Waals surface area contributed by atoms with Crippen LogP contribution in [0.25, 0.3) is 0 Å². The highest BCUT2D eigenvalue weighted by Crippen LogP contribution is 2.31. The number of benzene rings is 1. The molecule has 20 heavy (non-hydrogen) atoms. The second-order valence-electron chi connectivity index (χ2n) is 5.68. The number of carbonyl (C=O) groups excluding carboxylic acids is 1. The third-order valence-corrected chi connectivity index (χ3v) is 4.41. The topological polar surface area (TPSA) is 35.6 Å². The van der Waals surface area contributed by atoms with Crippen LogP contribution in [0.15, 0.2) is 18.2 Å². The lowest BCUT2D eigenvalue weighted by atomic mass is 10.0. The van der Waals surface area contributed by atoms with Crippen LogP contribution in [0, 0.1) is 0 Å². The van der Waals surface area contributed by atoms with Crippen LogP contribution in [0.2, 0.25) is 0 Å². The van der Waals surface area contributed by atoms with Gasteiger partial charge in [0.15, 0.2) is 0 Å². The van der Waals surface area contributed by atoms with Gasteiger partial charge in [-0.25, -0.2) is 0 Å². The van der Waals surface area contributed by atoms with Crippen molar-refractivity contribution in [3.05, 3.63) is 29.3 Å². The highest BCUT2D eigenvalue weighted by atomic mass is 16.2. The molecule has 0 atom stereocenters. The number of carbonyl (C=O) groups is 1. The zero-order valence-electron chi connectivity index (χ0n) is 12.2. The van der Waals surface area contributed by atoms with Crippen molar-refractivity contribution in [3.63, 3.8) is 0 Å². The summed E-state index contributed by atoms with van der Waals surface area (Å²) >= 11 is 0. The number of piperazine rings is 1. The molecule has 2 heterocycles.